The van der Waals surface area contributed by atoms with Crippen LogP contribution >= 0.6 is 23.4 Å². The molecule has 1 unspecified atom stereocenters. The summed E-state index contributed by atoms with van der Waals surface area (Å²) < 4.78 is 5.89. The van der Waals surface area contributed by atoms with Gasteiger partial charge in [-0.1, -0.05) is 29.8 Å². The van der Waals surface area contributed by atoms with Crippen molar-refractivity contribution in [3.8, 4) is 0 Å². The summed E-state index contributed by atoms with van der Waals surface area (Å²) in [6.45, 7) is 0. The van der Waals surface area contributed by atoms with Crippen LogP contribution in [0, 0.1) is 0 Å². The number of carbonyl (C=O) groups excluding carboxylic acids is 2. The standard InChI is InChI=1S/C19H14ClNO3S/c20-14-3-1-2-11(7-14)8-15-10-13-6-12(4-5-17(13)24-15)9-16-18(22)25-19(23)21-16/h1-7,10,16H,8-9H2,(H,21,23). The lowest BCUT2D eigenvalue weighted by molar-refractivity contribution is -0.112. The van der Waals surface area contributed by atoms with E-state index in [4.69, 9.17) is 16.0 Å². The van der Waals surface area contributed by atoms with E-state index in [1.165, 1.54) is 0 Å². The molecule has 1 N–H and O–H groups in total. The maximum Gasteiger partial charge on any atom is 0.287 e. The molecule has 126 valence electrons. The Balaban J connectivity index is 1.55. The monoisotopic (exact) mass is 371 g/mol. The van der Waals surface area contributed by atoms with Crippen molar-refractivity contribution in [2.75, 3.05) is 0 Å². The molecule has 2 heterocycles. The molecule has 1 amide bonds. The molecule has 0 spiro atoms. The van der Waals surface area contributed by atoms with Gasteiger partial charge in [-0.2, -0.15) is 0 Å². The van der Waals surface area contributed by atoms with Crippen LogP contribution in [0.25, 0.3) is 11.0 Å². The molecule has 1 aliphatic rings. The van der Waals surface area contributed by atoms with Crippen LogP contribution in [-0.4, -0.2) is 16.4 Å². The summed E-state index contributed by atoms with van der Waals surface area (Å²) >= 11 is 6.76. The van der Waals surface area contributed by atoms with Gasteiger partial charge < -0.3 is 9.73 Å². The first-order valence-corrected chi connectivity index (χ1v) is 9.04. The third-order valence-electron chi connectivity index (χ3n) is 4.11. The quantitative estimate of drug-likeness (QED) is 0.729. The van der Waals surface area contributed by atoms with Crippen molar-refractivity contribution >= 4 is 44.7 Å². The third-order valence-corrected chi connectivity index (χ3v) is 5.13. The summed E-state index contributed by atoms with van der Waals surface area (Å²) in [5.41, 5.74) is 2.88. The zero-order chi connectivity index (χ0) is 17.4. The van der Waals surface area contributed by atoms with Crippen LogP contribution in [0.1, 0.15) is 16.9 Å². The first kappa shape index (κ1) is 16.2. The van der Waals surface area contributed by atoms with Gasteiger partial charge in [0.2, 0.25) is 5.12 Å². The molecule has 0 aliphatic carbocycles. The maximum atomic E-state index is 11.7. The molecule has 3 aromatic rings. The van der Waals surface area contributed by atoms with Gasteiger partial charge in [0.05, 0.1) is 0 Å². The summed E-state index contributed by atoms with van der Waals surface area (Å²) in [5.74, 6) is 0.857. The average Bonchev–Trinajstić information content (AvgIpc) is 3.09. The zero-order valence-corrected chi connectivity index (χ0v) is 14.7. The third kappa shape index (κ3) is 3.57. The van der Waals surface area contributed by atoms with E-state index in [0.29, 0.717) is 17.9 Å². The highest BCUT2D eigenvalue weighted by molar-refractivity contribution is 8.26. The molecule has 0 radical (unpaired) electrons. The second-order valence-electron chi connectivity index (χ2n) is 6.00. The number of rotatable bonds is 4. The predicted molar refractivity (Wildman–Crippen MR) is 99.1 cm³/mol. The van der Waals surface area contributed by atoms with Crippen molar-refractivity contribution in [1.82, 2.24) is 5.32 Å². The van der Waals surface area contributed by atoms with Gasteiger partial charge in [-0.15, -0.1) is 0 Å². The number of hydrogen-bond donors (Lipinski definition) is 1. The number of amides is 1. The fourth-order valence-electron chi connectivity index (χ4n) is 2.97. The second kappa shape index (κ2) is 6.58. The number of thioether (sulfide) groups is 1. The van der Waals surface area contributed by atoms with Crippen LogP contribution in [0.3, 0.4) is 0 Å². The number of benzene rings is 2. The highest BCUT2D eigenvalue weighted by Gasteiger charge is 2.31. The smallest absolute Gasteiger partial charge is 0.287 e. The zero-order valence-electron chi connectivity index (χ0n) is 13.1. The van der Waals surface area contributed by atoms with Gasteiger partial charge >= 0.3 is 0 Å². The van der Waals surface area contributed by atoms with E-state index in [0.717, 1.165) is 39.6 Å². The minimum absolute atomic E-state index is 0.126. The molecule has 1 aromatic heterocycles. The molecular weight excluding hydrogens is 358 g/mol. The first-order valence-electron chi connectivity index (χ1n) is 7.85. The first-order chi connectivity index (χ1) is 12.1. The molecule has 1 aliphatic heterocycles. The number of furan rings is 1. The summed E-state index contributed by atoms with van der Waals surface area (Å²) in [4.78, 5) is 23.0. The normalized spacial score (nSPS) is 17.2. The van der Waals surface area contributed by atoms with E-state index < -0.39 is 6.04 Å². The van der Waals surface area contributed by atoms with Gasteiger partial charge in [-0.25, -0.2) is 0 Å². The van der Waals surface area contributed by atoms with E-state index in [-0.39, 0.29) is 10.4 Å². The summed E-state index contributed by atoms with van der Waals surface area (Å²) in [7, 11) is 0. The Morgan fingerprint density at radius 1 is 1.08 bits per heavy atom. The highest BCUT2D eigenvalue weighted by atomic mass is 35.5. The van der Waals surface area contributed by atoms with E-state index in [2.05, 4.69) is 5.32 Å². The average molecular weight is 372 g/mol. The van der Waals surface area contributed by atoms with Crippen LogP contribution in [0.5, 0.6) is 0 Å². The van der Waals surface area contributed by atoms with Gasteiger partial charge in [0.15, 0.2) is 0 Å². The van der Waals surface area contributed by atoms with Crippen LogP contribution < -0.4 is 5.32 Å². The van der Waals surface area contributed by atoms with Gasteiger partial charge in [0.25, 0.3) is 5.24 Å². The summed E-state index contributed by atoms with van der Waals surface area (Å²) in [6, 6.07) is 15.1. The van der Waals surface area contributed by atoms with Crippen molar-refractivity contribution in [3.05, 3.63) is 70.4 Å². The Bertz CT molecular complexity index is 982. The molecule has 0 saturated carbocycles. The van der Waals surface area contributed by atoms with Crippen molar-refractivity contribution < 1.29 is 14.0 Å². The molecule has 6 heteroatoms. The van der Waals surface area contributed by atoms with Gasteiger partial charge in [-0.3, -0.25) is 9.59 Å². The lowest BCUT2D eigenvalue weighted by Gasteiger charge is -2.07. The van der Waals surface area contributed by atoms with Gasteiger partial charge in [-0.05, 0) is 41.5 Å². The fraction of sp³-hybridized carbons (Fsp3) is 0.158. The lowest BCUT2D eigenvalue weighted by Crippen LogP contribution is -2.30. The number of fused-ring (bicyclic) bond motifs is 1. The fourth-order valence-corrected chi connectivity index (χ4v) is 3.85. The maximum absolute atomic E-state index is 11.7. The molecule has 2 aromatic carbocycles. The van der Waals surface area contributed by atoms with Crippen molar-refractivity contribution in [1.29, 1.82) is 0 Å². The number of nitrogens with one attached hydrogen (secondary N) is 1. The van der Waals surface area contributed by atoms with E-state index >= 15 is 0 Å². The molecular formula is C19H14ClNO3S. The molecule has 25 heavy (non-hydrogen) atoms. The predicted octanol–water partition coefficient (Wildman–Crippen LogP) is 4.57. The largest absolute Gasteiger partial charge is 0.461 e. The Labute approximate surface area is 153 Å². The molecule has 1 saturated heterocycles. The number of halogens is 1. The van der Waals surface area contributed by atoms with Crippen molar-refractivity contribution in [2.24, 2.45) is 0 Å². The Morgan fingerprint density at radius 2 is 1.96 bits per heavy atom. The Morgan fingerprint density at radius 3 is 2.72 bits per heavy atom. The Hall–Kier alpha value is -2.24. The van der Waals surface area contributed by atoms with Crippen LogP contribution in [0.2, 0.25) is 5.02 Å². The molecule has 1 atom stereocenters. The molecule has 0 bridgehead atoms. The van der Waals surface area contributed by atoms with Crippen LogP contribution in [-0.2, 0) is 17.6 Å². The Kier molecular flexibility index (Phi) is 4.27. The summed E-state index contributed by atoms with van der Waals surface area (Å²) in [5, 5.41) is 3.97. The summed E-state index contributed by atoms with van der Waals surface area (Å²) in [6.07, 6.45) is 1.15. The molecule has 4 rings (SSSR count). The minimum Gasteiger partial charge on any atom is -0.461 e. The topological polar surface area (TPSA) is 59.3 Å². The lowest BCUT2D eigenvalue weighted by atomic mass is 10.0. The SMILES string of the molecule is O=C1NC(Cc2ccc3oc(Cc4cccc(Cl)c4)cc3c2)C(=O)S1. The van der Waals surface area contributed by atoms with Gasteiger partial charge in [0.1, 0.15) is 17.4 Å². The highest BCUT2D eigenvalue weighted by Crippen LogP contribution is 2.25. The van der Waals surface area contributed by atoms with E-state index in [1.54, 1.807) is 0 Å². The van der Waals surface area contributed by atoms with Crippen LogP contribution in [0.4, 0.5) is 4.79 Å². The van der Waals surface area contributed by atoms with Crippen LogP contribution in [0.15, 0.2) is 52.9 Å². The van der Waals surface area contributed by atoms with Gasteiger partial charge in [0, 0.05) is 35.0 Å². The number of hydrogen-bond acceptors (Lipinski definition) is 4. The minimum atomic E-state index is -0.451. The number of carbonyl (C=O) groups is 2. The molecule has 4 nitrogen and oxygen atoms in total. The van der Waals surface area contributed by atoms with Crippen molar-refractivity contribution in [3.63, 3.8) is 0 Å². The van der Waals surface area contributed by atoms with Crippen molar-refractivity contribution in [2.45, 2.75) is 18.9 Å². The van der Waals surface area contributed by atoms with E-state index in [1.807, 2.05) is 48.5 Å². The van der Waals surface area contributed by atoms with E-state index in [9.17, 15) is 9.59 Å². The second-order valence-corrected chi connectivity index (χ2v) is 7.41. The molecule has 1 fully saturated rings.